The number of carbonyl (C=O) groups is 1. The van der Waals surface area contributed by atoms with Gasteiger partial charge in [0.15, 0.2) is 0 Å². The van der Waals surface area contributed by atoms with Crippen LogP contribution in [-0.4, -0.2) is 5.78 Å². The van der Waals surface area contributed by atoms with Gasteiger partial charge < -0.3 is 0 Å². The van der Waals surface area contributed by atoms with Crippen LogP contribution >= 0.6 is 0 Å². The second-order valence-electron chi connectivity index (χ2n) is 3.96. The fraction of sp³-hybridized carbons (Fsp3) is 0.667. The summed E-state index contributed by atoms with van der Waals surface area (Å²) in [7, 11) is 0. The Bertz CT molecular complexity index is 227. The van der Waals surface area contributed by atoms with Gasteiger partial charge in [0.1, 0.15) is 5.78 Å². The van der Waals surface area contributed by atoms with E-state index in [1.165, 1.54) is 5.57 Å². The predicted octanol–water partition coefficient (Wildman–Crippen LogP) is 1.93. The lowest BCUT2D eigenvalue weighted by molar-refractivity contribution is -0.136. The quantitative estimate of drug-likeness (QED) is 0.465. The third-order valence-corrected chi connectivity index (χ3v) is 2.81. The molecule has 0 aromatic rings. The molecule has 0 amide bonds. The van der Waals surface area contributed by atoms with Crippen molar-refractivity contribution >= 4 is 5.78 Å². The minimum Gasteiger partial charge on any atom is -0.299 e. The molecule has 1 nitrogen and oxygen atoms in total. The molecule has 0 heterocycles. The molecule has 0 aliphatic heterocycles. The normalized spacial score (nSPS) is 44.4. The Kier molecular flexibility index (Phi) is 0.936. The van der Waals surface area contributed by atoms with Gasteiger partial charge in [-0.3, -0.25) is 4.79 Å². The molecule has 10 heavy (non-hydrogen) atoms. The van der Waals surface area contributed by atoms with Crippen molar-refractivity contribution in [3.8, 4) is 0 Å². The molecule has 2 rings (SSSR count). The number of hydrogen-bond donors (Lipinski definition) is 0. The molecule has 1 heteroatoms. The Morgan fingerprint density at radius 3 is 2.70 bits per heavy atom. The fourth-order valence-corrected chi connectivity index (χ4v) is 2.32. The van der Waals surface area contributed by atoms with Gasteiger partial charge in [-0.1, -0.05) is 18.6 Å². The lowest BCUT2D eigenvalue weighted by atomic mass is 9.62. The van der Waals surface area contributed by atoms with Gasteiger partial charge in [0.25, 0.3) is 0 Å². The Morgan fingerprint density at radius 1 is 1.60 bits per heavy atom. The van der Waals surface area contributed by atoms with Crippen LogP contribution in [0.2, 0.25) is 0 Å². The zero-order valence-electron chi connectivity index (χ0n) is 6.48. The molecule has 0 aromatic heterocycles. The van der Waals surface area contributed by atoms with Crippen molar-refractivity contribution < 1.29 is 4.79 Å². The summed E-state index contributed by atoms with van der Waals surface area (Å²) in [6.45, 7) is 4.34. The molecule has 0 aromatic carbocycles. The van der Waals surface area contributed by atoms with Crippen molar-refractivity contribution in [2.75, 3.05) is 0 Å². The smallest absolute Gasteiger partial charge is 0.140 e. The van der Waals surface area contributed by atoms with E-state index in [4.69, 9.17) is 0 Å². The van der Waals surface area contributed by atoms with Crippen LogP contribution in [-0.2, 0) is 4.79 Å². The first kappa shape index (κ1) is 6.14. The lowest BCUT2D eigenvalue weighted by Gasteiger charge is -2.40. The van der Waals surface area contributed by atoms with Gasteiger partial charge in [-0.05, 0) is 18.8 Å². The summed E-state index contributed by atoms with van der Waals surface area (Å²) in [5, 5.41) is 0. The number of Topliss-reactive ketones (excluding diaryl/α,β-unsaturated/α-hetero) is 1. The lowest BCUT2D eigenvalue weighted by Crippen LogP contribution is -2.42. The Morgan fingerprint density at radius 2 is 2.30 bits per heavy atom. The Hall–Kier alpha value is -0.590. The molecule has 0 saturated heterocycles. The molecule has 1 saturated carbocycles. The van der Waals surface area contributed by atoms with E-state index < -0.39 is 0 Å². The van der Waals surface area contributed by atoms with Gasteiger partial charge in [0.05, 0.1) is 0 Å². The van der Waals surface area contributed by atoms with Crippen molar-refractivity contribution in [2.24, 2.45) is 11.3 Å². The van der Waals surface area contributed by atoms with E-state index in [-0.39, 0.29) is 5.92 Å². The summed E-state index contributed by atoms with van der Waals surface area (Å²) in [6.07, 6.45) is 4.10. The van der Waals surface area contributed by atoms with Gasteiger partial charge in [-0.15, -0.1) is 0 Å². The molecule has 0 spiro atoms. The van der Waals surface area contributed by atoms with Crippen LogP contribution < -0.4 is 0 Å². The largest absolute Gasteiger partial charge is 0.299 e. The Balaban J connectivity index is 2.29. The van der Waals surface area contributed by atoms with Crippen molar-refractivity contribution in [3.05, 3.63) is 11.6 Å². The number of allylic oxidation sites excluding steroid dienone is 2. The van der Waals surface area contributed by atoms with Gasteiger partial charge in [-0.25, -0.2) is 0 Å². The molecule has 0 N–H and O–H groups in total. The highest BCUT2D eigenvalue weighted by atomic mass is 16.1. The van der Waals surface area contributed by atoms with Crippen molar-refractivity contribution in [3.63, 3.8) is 0 Å². The van der Waals surface area contributed by atoms with E-state index in [0.29, 0.717) is 11.2 Å². The minimum atomic E-state index is 0.285. The predicted molar refractivity (Wildman–Crippen MR) is 39.6 cm³/mol. The highest BCUT2D eigenvalue weighted by Gasteiger charge is 2.51. The molecular formula is C9H12O. The highest BCUT2D eigenvalue weighted by Crippen LogP contribution is 2.53. The van der Waals surface area contributed by atoms with Gasteiger partial charge in [0, 0.05) is 12.3 Å². The van der Waals surface area contributed by atoms with Crippen LogP contribution in [0.15, 0.2) is 11.6 Å². The monoisotopic (exact) mass is 136 g/mol. The van der Waals surface area contributed by atoms with Crippen molar-refractivity contribution in [1.29, 1.82) is 0 Å². The molecule has 2 atom stereocenters. The highest BCUT2D eigenvalue weighted by molar-refractivity contribution is 5.91. The van der Waals surface area contributed by atoms with E-state index in [0.717, 1.165) is 12.8 Å². The average Bonchev–Trinajstić information content (AvgIpc) is 2.03. The van der Waals surface area contributed by atoms with Gasteiger partial charge >= 0.3 is 0 Å². The maximum absolute atomic E-state index is 11.0. The Labute approximate surface area is 61.1 Å². The topological polar surface area (TPSA) is 17.1 Å². The van der Waals surface area contributed by atoms with Gasteiger partial charge in [-0.2, -0.15) is 0 Å². The van der Waals surface area contributed by atoms with Crippen LogP contribution in [0.1, 0.15) is 26.7 Å². The van der Waals surface area contributed by atoms with E-state index >= 15 is 0 Å². The van der Waals surface area contributed by atoms with Gasteiger partial charge in [0.2, 0.25) is 0 Å². The van der Waals surface area contributed by atoms with Crippen molar-refractivity contribution in [2.45, 2.75) is 26.7 Å². The molecule has 2 unspecified atom stereocenters. The van der Waals surface area contributed by atoms with Crippen LogP contribution in [0.4, 0.5) is 0 Å². The first-order valence-electron chi connectivity index (χ1n) is 3.82. The summed E-state index contributed by atoms with van der Waals surface area (Å²) in [6, 6.07) is 0. The third-order valence-electron chi connectivity index (χ3n) is 2.81. The number of hydrogen-bond acceptors (Lipinski definition) is 1. The number of carbonyl (C=O) groups excluding carboxylic acids is 1. The maximum Gasteiger partial charge on any atom is 0.140 e. The molecule has 2 aliphatic carbocycles. The zero-order valence-corrected chi connectivity index (χ0v) is 6.48. The second kappa shape index (κ2) is 1.52. The third kappa shape index (κ3) is 0.556. The van der Waals surface area contributed by atoms with E-state index in [1.807, 2.05) is 0 Å². The maximum atomic E-state index is 11.0. The minimum absolute atomic E-state index is 0.285. The fourth-order valence-electron chi connectivity index (χ4n) is 2.32. The first-order valence-corrected chi connectivity index (χ1v) is 3.82. The van der Waals surface area contributed by atoms with Crippen LogP contribution in [0.3, 0.4) is 0 Å². The molecule has 2 aliphatic rings. The van der Waals surface area contributed by atoms with Crippen LogP contribution in [0.5, 0.6) is 0 Å². The molecular weight excluding hydrogens is 124 g/mol. The summed E-state index contributed by atoms with van der Waals surface area (Å²) in [5.41, 5.74) is 1.74. The van der Waals surface area contributed by atoms with Crippen LogP contribution in [0.25, 0.3) is 0 Å². The molecule has 0 radical (unpaired) electrons. The standard InChI is InChI=1S/C9H12O/c1-6-3-7-8(10)5-9(7,2)4-6/h3,7H,4-5H2,1-2H3. The van der Waals surface area contributed by atoms with Crippen LogP contribution in [0, 0.1) is 11.3 Å². The zero-order chi connectivity index (χ0) is 7.35. The van der Waals surface area contributed by atoms with E-state index in [2.05, 4.69) is 19.9 Å². The molecule has 1 fully saturated rings. The second-order valence-corrected chi connectivity index (χ2v) is 3.96. The number of ketones is 1. The van der Waals surface area contributed by atoms with E-state index in [9.17, 15) is 4.79 Å². The SMILES string of the molecule is CC1=CC2C(=O)CC2(C)C1. The molecule has 0 bridgehead atoms. The summed E-state index contributed by atoms with van der Waals surface area (Å²) >= 11 is 0. The van der Waals surface area contributed by atoms with E-state index in [1.54, 1.807) is 0 Å². The first-order chi connectivity index (χ1) is 4.62. The average molecular weight is 136 g/mol. The number of rotatable bonds is 0. The number of fused-ring (bicyclic) bond motifs is 1. The summed E-state index contributed by atoms with van der Waals surface area (Å²) in [4.78, 5) is 11.0. The van der Waals surface area contributed by atoms with Crippen molar-refractivity contribution in [1.82, 2.24) is 0 Å². The molecule has 54 valence electrons. The summed E-state index contributed by atoms with van der Waals surface area (Å²) in [5.74, 6) is 0.729. The summed E-state index contributed by atoms with van der Waals surface area (Å²) < 4.78 is 0.